The number of hydrogen-bond acceptors (Lipinski definition) is 2. The maximum absolute atomic E-state index is 12.7. The Morgan fingerprint density at radius 3 is 2.46 bits per heavy atom. The Labute approximate surface area is 159 Å². The molecule has 4 nitrogen and oxygen atoms in total. The van der Waals surface area contributed by atoms with Crippen molar-refractivity contribution in [2.24, 2.45) is 5.73 Å². The Hall–Kier alpha value is -2.30. The van der Waals surface area contributed by atoms with Gasteiger partial charge in [-0.3, -0.25) is 4.79 Å². The number of aromatic nitrogens is 1. The molecule has 0 bridgehead atoms. The highest BCUT2D eigenvalue weighted by Crippen LogP contribution is 2.33. The van der Waals surface area contributed by atoms with Crippen molar-refractivity contribution in [3.8, 4) is 0 Å². The molecule has 1 saturated heterocycles. The number of nitrogens with two attached hydrogens (primary N) is 1. The van der Waals surface area contributed by atoms with Crippen molar-refractivity contribution in [1.29, 1.82) is 0 Å². The highest BCUT2D eigenvalue weighted by atomic mass is 35.5. The lowest BCUT2D eigenvalue weighted by atomic mass is 9.89. The van der Waals surface area contributed by atoms with Crippen LogP contribution in [0.5, 0.6) is 0 Å². The van der Waals surface area contributed by atoms with Gasteiger partial charge in [0.2, 0.25) is 0 Å². The maximum Gasteiger partial charge on any atom is 0.253 e. The van der Waals surface area contributed by atoms with Crippen molar-refractivity contribution in [2.75, 3.05) is 13.1 Å². The third kappa shape index (κ3) is 3.48. The van der Waals surface area contributed by atoms with Gasteiger partial charge in [-0.15, -0.1) is 12.4 Å². The largest absolute Gasteiger partial charge is 0.361 e. The predicted octanol–water partition coefficient (Wildman–Crippen LogP) is 4.07. The Morgan fingerprint density at radius 1 is 1.08 bits per heavy atom. The quantitative estimate of drug-likeness (QED) is 0.731. The van der Waals surface area contributed by atoms with Crippen LogP contribution >= 0.6 is 12.4 Å². The smallest absolute Gasteiger partial charge is 0.253 e. The average molecular weight is 370 g/mol. The molecule has 26 heavy (non-hydrogen) atoms. The van der Waals surface area contributed by atoms with Crippen molar-refractivity contribution in [1.82, 2.24) is 9.88 Å². The van der Waals surface area contributed by atoms with Crippen LogP contribution in [-0.2, 0) is 6.54 Å². The number of para-hydroxylation sites is 1. The van der Waals surface area contributed by atoms with Crippen molar-refractivity contribution in [3.63, 3.8) is 0 Å². The monoisotopic (exact) mass is 369 g/mol. The fourth-order valence-corrected chi connectivity index (χ4v) is 3.79. The fraction of sp³-hybridized carbons (Fsp3) is 0.286. The number of nitrogens with zero attached hydrogens (tertiary/aromatic N) is 1. The number of amides is 1. The first-order valence-corrected chi connectivity index (χ1v) is 8.90. The summed E-state index contributed by atoms with van der Waals surface area (Å²) in [5.74, 6) is 0.640. The van der Waals surface area contributed by atoms with Gasteiger partial charge in [0.1, 0.15) is 0 Å². The predicted molar refractivity (Wildman–Crippen MR) is 108 cm³/mol. The van der Waals surface area contributed by atoms with Gasteiger partial charge >= 0.3 is 0 Å². The highest BCUT2D eigenvalue weighted by molar-refractivity contribution is 5.94. The zero-order valence-corrected chi connectivity index (χ0v) is 15.5. The summed E-state index contributed by atoms with van der Waals surface area (Å²) in [4.78, 5) is 18.0. The van der Waals surface area contributed by atoms with Crippen molar-refractivity contribution in [3.05, 3.63) is 71.4 Å². The molecule has 0 saturated carbocycles. The summed E-state index contributed by atoms with van der Waals surface area (Å²) in [5.41, 5.74) is 10.0. The minimum Gasteiger partial charge on any atom is -0.361 e. The first-order valence-electron chi connectivity index (χ1n) is 8.90. The molecule has 0 aliphatic carbocycles. The molecule has 136 valence electrons. The molecular weight excluding hydrogens is 346 g/mol. The van der Waals surface area contributed by atoms with Gasteiger partial charge in [0.25, 0.3) is 5.91 Å². The molecule has 3 N–H and O–H groups in total. The van der Waals surface area contributed by atoms with E-state index in [2.05, 4.69) is 35.4 Å². The van der Waals surface area contributed by atoms with Crippen LogP contribution in [0.1, 0.15) is 40.2 Å². The van der Waals surface area contributed by atoms with E-state index in [0.29, 0.717) is 12.5 Å². The van der Waals surface area contributed by atoms with Crippen LogP contribution in [0.25, 0.3) is 10.9 Å². The molecule has 0 radical (unpaired) electrons. The lowest BCUT2D eigenvalue weighted by Gasteiger charge is -2.32. The summed E-state index contributed by atoms with van der Waals surface area (Å²) in [7, 11) is 0. The van der Waals surface area contributed by atoms with Crippen LogP contribution in [0.2, 0.25) is 0 Å². The van der Waals surface area contributed by atoms with E-state index in [4.69, 9.17) is 5.73 Å². The first-order chi connectivity index (χ1) is 12.3. The zero-order chi connectivity index (χ0) is 17.2. The van der Waals surface area contributed by atoms with Crippen LogP contribution < -0.4 is 5.73 Å². The third-order valence-corrected chi connectivity index (χ3v) is 5.28. The number of hydrogen-bond donors (Lipinski definition) is 2. The Bertz CT molecular complexity index is 880. The number of likely N-dealkylation sites (tertiary alicyclic amines) is 1. The van der Waals surface area contributed by atoms with Crippen LogP contribution in [0.4, 0.5) is 0 Å². The van der Waals surface area contributed by atoms with Gasteiger partial charge in [-0.1, -0.05) is 30.3 Å². The second kappa shape index (κ2) is 7.94. The standard InChI is InChI=1S/C21H23N3O.ClH/c22-13-15-5-7-17(8-6-15)21(25)24-11-9-16(10-12-24)19-14-23-20-4-2-1-3-18(19)20;/h1-8,14,16,23H,9-13,22H2;1H. The lowest BCUT2D eigenvalue weighted by molar-refractivity contribution is 0.0713. The SMILES string of the molecule is Cl.NCc1ccc(C(=O)N2CCC(c3c[nH]c4ccccc34)CC2)cc1. The third-order valence-electron chi connectivity index (χ3n) is 5.28. The molecule has 4 rings (SSSR count). The van der Waals surface area contributed by atoms with Crippen molar-refractivity contribution in [2.45, 2.75) is 25.3 Å². The number of piperidine rings is 1. The van der Waals surface area contributed by atoms with Gasteiger partial charge in [-0.05, 0) is 48.1 Å². The number of halogens is 1. The summed E-state index contributed by atoms with van der Waals surface area (Å²) in [6.07, 6.45) is 4.15. The van der Waals surface area contributed by atoms with Gasteiger partial charge in [-0.25, -0.2) is 0 Å². The summed E-state index contributed by atoms with van der Waals surface area (Å²) < 4.78 is 0. The van der Waals surface area contributed by atoms with E-state index in [1.807, 2.05) is 29.2 Å². The second-order valence-corrected chi connectivity index (χ2v) is 6.76. The molecule has 0 atom stereocenters. The lowest BCUT2D eigenvalue weighted by Crippen LogP contribution is -2.37. The van der Waals surface area contributed by atoms with E-state index in [0.717, 1.165) is 37.1 Å². The molecule has 0 spiro atoms. The summed E-state index contributed by atoms with van der Waals surface area (Å²) in [5, 5.41) is 1.31. The normalized spacial score (nSPS) is 15.0. The fourth-order valence-electron chi connectivity index (χ4n) is 3.79. The van der Waals surface area contributed by atoms with E-state index < -0.39 is 0 Å². The first kappa shape index (κ1) is 18.5. The molecule has 1 aliphatic rings. The number of benzene rings is 2. The number of carbonyl (C=O) groups excluding carboxylic acids is 1. The molecule has 1 amide bonds. The van der Waals surface area contributed by atoms with Gasteiger partial charge in [0, 0.05) is 42.3 Å². The minimum atomic E-state index is 0. The summed E-state index contributed by atoms with van der Waals surface area (Å²) in [6.45, 7) is 2.12. The molecule has 1 fully saturated rings. The Kier molecular flexibility index (Phi) is 5.64. The van der Waals surface area contributed by atoms with Crippen LogP contribution in [0.15, 0.2) is 54.7 Å². The number of rotatable bonds is 3. The van der Waals surface area contributed by atoms with Gasteiger partial charge in [0.15, 0.2) is 0 Å². The Balaban J connectivity index is 0.00000196. The number of carbonyl (C=O) groups is 1. The van der Waals surface area contributed by atoms with Crippen molar-refractivity contribution < 1.29 is 4.79 Å². The van der Waals surface area contributed by atoms with Gasteiger partial charge in [0.05, 0.1) is 0 Å². The average Bonchev–Trinajstić information content (AvgIpc) is 3.12. The number of nitrogens with one attached hydrogen (secondary N) is 1. The molecule has 0 unspecified atom stereocenters. The topological polar surface area (TPSA) is 62.1 Å². The maximum atomic E-state index is 12.7. The molecule has 2 aromatic carbocycles. The molecule has 2 heterocycles. The molecule has 1 aromatic heterocycles. The van der Waals surface area contributed by atoms with Crippen LogP contribution in [0.3, 0.4) is 0 Å². The zero-order valence-electron chi connectivity index (χ0n) is 14.7. The number of aromatic amines is 1. The van der Waals surface area contributed by atoms with E-state index in [1.165, 1.54) is 16.5 Å². The number of H-pyrrole nitrogens is 1. The molecular formula is C21H24ClN3O. The van der Waals surface area contributed by atoms with Gasteiger partial charge < -0.3 is 15.6 Å². The summed E-state index contributed by atoms with van der Waals surface area (Å²) >= 11 is 0. The highest BCUT2D eigenvalue weighted by Gasteiger charge is 2.25. The Morgan fingerprint density at radius 2 is 1.77 bits per heavy atom. The minimum absolute atomic E-state index is 0. The second-order valence-electron chi connectivity index (χ2n) is 6.76. The molecule has 1 aliphatic heterocycles. The van der Waals surface area contributed by atoms with E-state index in [1.54, 1.807) is 0 Å². The molecule has 3 aromatic rings. The molecule has 5 heteroatoms. The van der Waals surface area contributed by atoms with Crippen LogP contribution in [0, 0.1) is 0 Å². The van der Waals surface area contributed by atoms with Crippen LogP contribution in [-0.4, -0.2) is 28.9 Å². The summed E-state index contributed by atoms with van der Waals surface area (Å²) in [6, 6.07) is 16.1. The van der Waals surface area contributed by atoms with E-state index >= 15 is 0 Å². The van der Waals surface area contributed by atoms with E-state index in [9.17, 15) is 4.79 Å². The van der Waals surface area contributed by atoms with Crippen molar-refractivity contribution >= 4 is 29.2 Å². The van der Waals surface area contributed by atoms with Gasteiger partial charge in [-0.2, -0.15) is 0 Å². The number of fused-ring (bicyclic) bond motifs is 1. The van der Waals surface area contributed by atoms with E-state index in [-0.39, 0.29) is 18.3 Å².